The third-order valence-corrected chi connectivity index (χ3v) is 4.70. The number of benzene rings is 1. The van der Waals surface area contributed by atoms with Crippen LogP contribution in [0, 0.1) is 5.92 Å². The van der Waals surface area contributed by atoms with Crippen molar-refractivity contribution in [1.82, 2.24) is 20.2 Å². The largest absolute Gasteiger partial charge is 0.350 e. The van der Waals surface area contributed by atoms with E-state index in [1.165, 1.54) is 18.1 Å². The van der Waals surface area contributed by atoms with Crippen LogP contribution in [0.3, 0.4) is 0 Å². The van der Waals surface area contributed by atoms with Crippen LogP contribution < -0.4 is 5.32 Å². The van der Waals surface area contributed by atoms with Gasteiger partial charge in [0.25, 0.3) is 5.91 Å². The zero-order valence-corrected chi connectivity index (χ0v) is 14.3. The van der Waals surface area contributed by atoms with Crippen LogP contribution in [0.2, 0.25) is 0 Å². The predicted molar refractivity (Wildman–Crippen MR) is 95.0 cm³/mol. The fraction of sp³-hybridized carbons (Fsp3) is 0.421. The number of nitrogens with one attached hydrogen (secondary N) is 2. The summed E-state index contributed by atoms with van der Waals surface area (Å²) < 4.78 is 0. The minimum absolute atomic E-state index is 0.114. The summed E-state index contributed by atoms with van der Waals surface area (Å²) in [5.41, 5.74) is 1.78. The van der Waals surface area contributed by atoms with Crippen LogP contribution in [-0.2, 0) is 11.2 Å². The van der Waals surface area contributed by atoms with Crippen LogP contribution in [0.15, 0.2) is 42.9 Å². The Morgan fingerprint density at radius 3 is 2.64 bits per heavy atom. The molecule has 6 heteroatoms. The highest BCUT2D eigenvalue weighted by molar-refractivity contribution is 5.92. The second-order valence-corrected chi connectivity index (χ2v) is 6.49. The van der Waals surface area contributed by atoms with E-state index >= 15 is 0 Å². The van der Waals surface area contributed by atoms with Gasteiger partial charge in [0.05, 0.1) is 12.5 Å². The summed E-state index contributed by atoms with van der Waals surface area (Å²) in [6.45, 7) is 1.97. The van der Waals surface area contributed by atoms with Crippen LogP contribution in [0.1, 0.15) is 35.3 Å². The standard InChI is InChI=1S/C19H24N4O2/c24-18(6-9-21-19(25)17-13-20-14-22-17)23-10-7-16(8-11-23)12-15-4-2-1-3-5-15/h1-5,13-14,16H,6-12H2,(H,20,22)(H,21,25). The number of nitrogens with zero attached hydrogens (tertiary/aromatic N) is 2. The molecular weight excluding hydrogens is 316 g/mol. The topological polar surface area (TPSA) is 78.1 Å². The lowest BCUT2D eigenvalue weighted by Gasteiger charge is -2.32. The van der Waals surface area contributed by atoms with Gasteiger partial charge in [0.15, 0.2) is 0 Å². The predicted octanol–water partition coefficient (Wildman–Crippen LogP) is 2.01. The maximum atomic E-state index is 12.3. The molecule has 0 saturated carbocycles. The number of carbonyl (C=O) groups excluding carboxylic acids is 2. The van der Waals surface area contributed by atoms with Crippen LogP contribution in [0.4, 0.5) is 0 Å². The summed E-state index contributed by atoms with van der Waals surface area (Å²) in [6, 6.07) is 10.5. The van der Waals surface area contributed by atoms with Gasteiger partial charge in [0.1, 0.15) is 5.69 Å². The van der Waals surface area contributed by atoms with Crippen LogP contribution in [-0.4, -0.2) is 46.3 Å². The normalized spacial score (nSPS) is 15.1. The number of likely N-dealkylation sites (tertiary alicyclic amines) is 1. The molecule has 2 aromatic rings. The Balaban J connectivity index is 1.36. The van der Waals surface area contributed by atoms with E-state index in [4.69, 9.17) is 0 Å². The van der Waals surface area contributed by atoms with E-state index < -0.39 is 0 Å². The van der Waals surface area contributed by atoms with Crippen molar-refractivity contribution in [3.63, 3.8) is 0 Å². The smallest absolute Gasteiger partial charge is 0.269 e. The van der Waals surface area contributed by atoms with Gasteiger partial charge in [-0.3, -0.25) is 9.59 Å². The SMILES string of the molecule is O=C(NCCC(=O)N1CCC(Cc2ccccc2)CC1)c1cnc[nH]1. The summed E-state index contributed by atoms with van der Waals surface area (Å²) in [5, 5.41) is 2.74. The van der Waals surface area contributed by atoms with Crippen molar-refractivity contribution in [2.24, 2.45) is 5.92 Å². The van der Waals surface area contributed by atoms with Crippen molar-refractivity contribution in [3.05, 3.63) is 54.1 Å². The number of imidazole rings is 1. The third kappa shape index (κ3) is 4.92. The maximum Gasteiger partial charge on any atom is 0.269 e. The van der Waals surface area contributed by atoms with Crippen molar-refractivity contribution in [2.75, 3.05) is 19.6 Å². The van der Waals surface area contributed by atoms with Gasteiger partial charge in [-0.15, -0.1) is 0 Å². The molecule has 0 atom stereocenters. The number of aromatic amines is 1. The lowest BCUT2D eigenvalue weighted by molar-refractivity contribution is -0.132. The average molecular weight is 340 g/mol. The first kappa shape index (κ1) is 17.2. The Labute approximate surface area is 147 Å². The number of carbonyl (C=O) groups is 2. The quantitative estimate of drug-likeness (QED) is 0.844. The average Bonchev–Trinajstić information content (AvgIpc) is 3.18. The molecule has 0 aliphatic carbocycles. The monoisotopic (exact) mass is 340 g/mol. The number of hydrogen-bond acceptors (Lipinski definition) is 3. The van der Waals surface area contributed by atoms with Gasteiger partial charge in [-0.05, 0) is 30.7 Å². The van der Waals surface area contributed by atoms with E-state index in [0.717, 1.165) is 32.4 Å². The molecule has 1 aliphatic rings. The molecule has 3 rings (SSSR count). The minimum atomic E-state index is -0.230. The fourth-order valence-corrected chi connectivity index (χ4v) is 3.25. The molecule has 2 N–H and O–H groups in total. The molecule has 0 unspecified atom stereocenters. The van der Waals surface area contributed by atoms with E-state index in [-0.39, 0.29) is 11.8 Å². The molecule has 2 heterocycles. The van der Waals surface area contributed by atoms with E-state index in [0.29, 0.717) is 24.6 Å². The highest BCUT2D eigenvalue weighted by Crippen LogP contribution is 2.21. The Kier molecular flexibility index (Phi) is 5.82. The van der Waals surface area contributed by atoms with Crippen LogP contribution in [0.5, 0.6) is 0 Å². The molecule has 1 aliphatic heterocycles. The molecule has 1 aromatic heterocycles. The Bertz CT molecular complexity index is 677. The van der Waals surface area contributed by atoms with Gasteiger partial charge in [-0.25, -0.2) is 4.98 Å². The molecule has 2 amide bonds. The van der Waals surface area contributed by atoms with Gasteiger partial charge in [0.2, 0.25) is 5.91 Å². The summed E-state index contributed by atoms with van der Waals surface area (Å²) in [7, 11) is 0. The second-order valence-electron chi connectivity index (χ2n) is 6.49. The second kappa shape index (κ2) is 8.46. The van der Waals surface area contributed by atoms with Crippen molar-refractivity contribution >= 4 is 11.8 Å². The summed E-state index contributed by atoms with van der Waals surface area (Å²) in [4.78, 5) is 32.5. The van der Waals surface area contributed by atoms with Crippen molar-refractivity contribution in [3.8, 4) is 0 Å². The van der Waals surface area contributed by atoms with E-state index in [1.54, 1.807) is 0 Å². The molecule has 132 valence electrons. The molecule has 1 saturated heterocycles. The number of amides is 2. The first-order valence-electron chi connectivity index (χ1n) is 8.80. The zero-order valence-electron chi connectivity index (χ0n) is 14.3. The summed E-state index contributed by atoms with van der Waals surface area (Å²) in [6.07, 6.45) is 6.43. The number of H-pyrrole nitrogens is 1. The Hall–Kier alpha value is -2.63. The van der Waals surface area contributed by atoms with Gasteiger partial charge in [-0.2, -0.15) is 0 Å². The van der Waals surface area contributed by atoms with Gasteiger partial charge in [0, 0.05) is 26.1 Å². The molecule has 6 nitrogen and oxygen atoms in total. The highest BCUT2D eigenvalue weighted by atomic mass is 16.2. The Morgan fingerprint density at radius 1 is 1.20 bits per heavy atom. The number of aromatic nitrogens is 2. The van der Waals surface area contributed by atoms with Crippen LogP contribution in [0.25, 0.3) is 0 Å². The number of hydrogen-bond donors (Lipinski definition) is 2. The highest BCUT2D eigenvalue weighted by Gasteiger charge is 2.22. The lowest BCUT2D eigenvalue weighted by atomic mass is 9.90. The molecule has 1 fully saturated rings. The maximum absolute atomic E-state index is 12.3. The van der Waals surface area contributed by atoms with Crippen molar-refractivity contribution in [1.29, 1.82) is 0 Å². The van der Waals surface area contributed by atoms with E-state index in [2.05, 4.69) is 39.6 Å². The Morgan fingerprint density at radius 2 is 1.96 bits per heavy atom. The van der Waals surface area contributed by atoms with Gasteiger partial charge in [-0.1, -0.05) is 30.3 Å². The minimum Gasteiger partial charge on any atom is -0.350 e. The first-order chi connectivity index (χ1) is 12.2. The fourth-order valence-electron chi connectivity index (χ4n) is 3.25. The van der Waals surface area contributed by atoms with Crippen molar-refractivity contribution in [2.45, 2.75) is 25.7 Å². The summed E-state index contributed by atoms with van der Waals surface area (Å²) in [5.74, 6) is 0.529. The molecule has 25 heavy (non-hydrogen) atoms. The van der Waals surface area contributed by atoms with E-state index in [9.17, 15) is 9.59 Å². The molecule has 0 bridgehead atoms. The molecule has 0 radical (unpaired) electrons. The van der Waals surface area contributed by atoms with Crippen LogP contribution >= 0.6 is 0 Å². The zero-order chi connectivity index (χ0) is 17.5. The van der Waals surface area contributed by atoms with Gasteiger partial charge >= 0.3 is 0 Å². The molecule has 1 aromatic carbocycles. The summed E-state index contributed by atoms with van der Waals surface area (Å²) >= 11 is 0. The third-order valence-electron chi connectivity index (χ3n) is 4.70. The number of piperidine rings is 1. The first-order valence-corrected chi connectivity index (χ1v) is 8.80. The molecular formula is C19H24N4O2. The van der Waals surface area contributed by atoms with E-state index in [1.807, 2.05) is 11.0 Å². The van der Waals surface area contributed by atoms with Crippen molar-refractivity contribution < 1.29 is 9.59 Å². The lowest BCUT2D eigenvalue weighted by Crippen LogP contribution is -2.40. The number of rotatable bonds is 6. The van der Waals surface area contributed by atoms with Gasteiger partial charge < -0.3 is 15.2 Å². The molecule has 0 spiro atoms.